The van der Waals surface area contributed by atoms with Crippen LogP contribution >= 0.6 is 0 Å². The molecule has 0 amide bonds. The highest BCUT2D eigenvalue weighted by atomic mass is 15.2. The molecule has 0 bridgehead atoms. The summed E-state index contributed by atoms with van der Waals surface area (Å²) in [7, 11) is 0. The number of hydrogen-bond acceptors (Lipinski definition) is 1. The van der Waals surface area contributed by atoms with Crippen LogP contribution in [0.15, 0.2) is 0 Å². The van der Waals surface area contributed by atoms with Gasteiger partial charge in [-0.25, -0.2) is 0 Å². The van der Waals surface area contributed by atoms with Crippen molar-refractivity contribution >= 4 is 0 Å². The fourth-order valence-electron chi connectivity index (χ4n) is 2.54. The van der Waals surface area contributed by atoms with Gasteiger partial charge in [-0.05, 0) is 45.2 Å². The van der Waals surface area contributed by atoms with Gasteiger partial charge in [-0.3, -0.25) is 0 Å². The van der Waals surface area contributed by atoms with Crippen LogP contribution in [0.4, 0.5) is 0 Å². The van der Waals surface area contributed by atoms with Crippen molar-refractivity contribution in [3.8, 4) is 0 Å². The summed E-state index contributed by atoms with van der Waals surface area (Å²) < 4.78 is 0. The second-order valence-electron chi connectivity index (χ2n) is 4.62. The summed E-state index contributed by atoms with van der Waals surface area (Å²) in [5.41, 5.74) is 0. The van der Waals surface area contributed by atoms with E-state index < -0.39 is 0 Å². The molecule has 0 N–H and O–H groups in total. The van der Waals surface area contributed by atoms with Gasteiger partial charge in [0.15, 0.2) is 0 Å². The summed E-state index contributed by atoms with van der Waals surface area (Å²) in [5.74, 6) is 1.08. The lowest BCUT2D eigenvalue weighted by molar-refractivity contribution is 0.181. The normalized spacial score (nSPS) is 28.8. The number of rotatable bonds is 3. The average molecular weight is 167 g/mol. The van der Waals surface area contributed by atoms with Gasteiger partial charge in [0.2, 0.25) is 0 Å². The van der Waals surface area contributed by atoms with Gasteiger partial charge < -0.3 is 4.90 Å². The highest BCUT2D eigenvalue weighted by Gasteiger charge is 2.24. The molecule has 12 heavy (non-hydrogen) atoms. The first-order valence-electron chi connectivity index (χ1n) is 5.60. The van der Waals surface area contributed by atoms with Gasteiger partial charge in [0.1, 0.15) is 0 Å². The molecule has 0 aromatic heterocycles. The fraction of sp³-hybridized carbons (Fsp3) is 1.00. The van der Waals surface area contributed by atoms with E-state index >= 15 is 0 Å². The summed E-state index contributed by atoms with van der Waals surface area (Å²) in [4.78, 5) is 2.68. The molecule has 1 atom stereocenters. The first-order chi connectivity index (χ1) is 5.86. The summed E-state index contributed by atoms with van der Waals surface area (Å²) in [6, 6.07) is 0.873. The van der Waals surface area contributed by atoms with Crippen LogP contribution in [0.5, 0.6) is 0 Å². The predicted molar refractivity (Wildman–Crippen MR) is 52.2 cm³/mol. The monoisotopic (exact) mass is 167 g/mol. The van der Waals surface area contributed by atoms with Crippen molar-refractivity contribution < 1.29 is 0 Å². The molecule has 2 rings (SSSR count). The zero-order valence-corrected chi connectivity index (χ0v) is 8.26. The van der Waals surface area contributed by atoms with E-state index in [-0.39, 0.29) is 0 Å². The number of hydrogen-bond donors (Lipinski definition) is 0. The highest BCUT2D eigenvalue weighted by molar-refractivity contribution is 4.79. The third-order valence-electron chi connectivity index (χ3n) is 3.66. The maximum absolute atomic E-state index is 2.68. The maximum atomic E-state index is 2.68. The third-order valence-corrected chi connectivity index (χ3v) is 3.66. The molecule has 1 heteroatoms. The Morgan fingerprint density at radius 2 is 1.83 bits per heavy atom. The molecule has 1 aliphatic heterocycles. The molecule has 0 radical (unpaired) electrons. The zero-order chi connectivity index (χ0) is 8.39. The van der Waals surface area contributed by atoms with Crippen LogP contribution in [-0.2, 0) is 0 Å². The van der Waals surface area contributed by atoms with E-state index in [0.29, 0.717) is 0 Å². The molecular weight excluding hydrogens is 146 g/mol. The summed E-state index contributed by atoms with van der Waals surface area (Å²) in [6.45, 7) is 5.16. The van der Waals surface area contributed by atoms with E-state index in [1.165, 1.54) is 51.6 Å². The molecule has 2 fully saturated rings. The Hall–Kier alpha value is -0.0400. The van der Waals surface area contributed by atoms with Gasteiger partial charge in [0, 0.05) is 6.04 Å². The SMILES string of the molecule is CC(CC1CCC1)N1CCCC1. The molecule has 1 unspecified atom stereocenters. The Labute approximate surface area is 76.1 Å². The van der Waals surface area contributed by atoms with Crippen LogP contribution in [0.3, 0.4) is 0 Å². The lowest BCUT2D eigenvalue weighted by Crippen LogP contribution is -2.33. The standard InChI is InChI=1S/C11H21N/c1-10(9-11-5-4-6-11)12-7-2-3-8-12/h10-11H,2-9H2,1H3. The molecule has 0 aromatic carbocycles. The summed E-state index contributed by atoms with van der Waals surface area (Å²) >= 11 is 0. The van der Waals surface area contributed by atoms with Crippen molar-refractivity contribution in [1.29, 1.82) is 0 Å². The van der Waals surface area contributed by atoms with Crippen molar-refractivity contribution in [2.45, 2.75) is 51.5 Å². The van der Waals surface area contributed by atoms with Crippen LogP contribution in [-0.4, -0.2) is 24.0 Å². The highest BCUT2D eigenvalue weighted by Crippen LogP contribution is 2.32. The van der Waals surface area contributed by atoms with E-state index in [2.05, 4.69) is 11.8 Å². The Morgan fingerprint density at radius 1 is 1.17 bits per heavy atom. The van der Waals surface area contributed by atoms with Crippen LogP contribution in [0, 0.1) is 5.92 Å². The van der Waals surface area contributed by atoms with Gasteiger partial charge >= 0.3 is 0 Å². The zero-order valence-electron chi connectivity index (χ0n) is 8.26. The second-order valence-corrected chi connectivity index (χ2v) is 4.62. The predicted octanol–water partition coefficient (Wildman–Crippen LogP) is 2.66. The van der Waals surface area contributed by atoms with Gasteiger partial charge in [-0.2, -0.15) is 0 Å². The molecule has 0 aromatic rings. The van der Waals surface area contributed by atoms with Crippen molar-refractivity contribution in [3.05, 3.63) is 0 Å². The van der Waals surface area contributed by atoms with E-state index in [9.17, 15) is 0 Å². The van der Waals surface area contributed by atoms with Crippen molar-refractivity contribution in [3.63, 3.8) is 0 Å². The first-order valence-corrected chi connectivity index (χ1v) is 5.60. The molecule has 0 spiro atoms. The Kier molecular flexibility index (Phi) is 2.69. The van der Waals surface area contributed by atoms with Crippen LogP contribution < -0.4 is 0 Å². The molecule has 2 aliphatic rings. The third kappa shape index (κ3) is 1.82. The lowest BCUT2D eigenvalue weighted by Gasteiger charge is -2.32. The van der Waals surface area contributed by atoms with Crippen molar-refractivity contribution in [2.24, 2.45) is 5.92 Å². The topological polar surface area (TPSA) is 3.24 Å². The lowest BCUT2D eigenvalue weighted by atomic mass is 9.81. The van der Waals surface area contributed by atoms with E-state index in [0.717, 1.165) is 12.0 Å². The van der Waals surface area contributed by atoms with Gasteiger partial charge in [-0.15, -0.1) is 0 Å². The minimum Gasteiger partial charge on any atom is -0.301 e. The van der Waals surface area contributed by atoms with Crippen molar-refractivity contribution in [1.82, 2.24) is 4.90 Å². The first kappa shape index (κ1) is 8.55. The van der Waals surface area contributed by atoms with Crippen LogP contribution in [0.2, 0.25) is 0 Å². The maximum Gasteiger partial charge on any atom is 0.00695 e. The second kappa shape index (κ2) is 3.78. The average Bonchev–Trinajstić information content (AvgIpc) is 2.47. The summed E-state index contributed by atoms with van der Waals surface area (Å²) in [6.07, 6.45) is 8.87. The van der Waals surface area contributed by atoms with Gasteiger partial charge in [-0.1, -0.05) is 19.3 Å². The number of nitrogens with zero attached hydrogens (tertiary/aromatic N) is 1. The minimum absolute atomic E-state index is 0.873. The molecular formula is C11H21N. The Bertz CT molecular complexity index is 134. The fourth-order valence-corrected chi connectivity index (χ4v) is 2.54. The number of likely N-dealkylation sites (tertiary alicyclic amines) is 1. The molecule has 1 aliphatic carbocycles. The summed E-state index contributed by atoms with van der Waals surface area (Å²) in [5, 5.41) is 0. The van der Waals surface area contributed by atoms with E-state index in [1.807, 2.05) is 0 Å². The minimum atomic E-state index is 0.873. The smallest absolute Gasteiger partial charge is 0.00695 e. The Balaban J connectivity index is 1.71. The largest absolute Gasteiger partial charge is 0.301 e. The van der Waals surface area contributed by atoms with E-state index in [4.69, 9.17) is 0 Å². The van der Waals surface area contributed by atoms with Crippen LogP contribution in [0.1, 0.15) is 45.4 Å². The Morgan fingerprint density at radius 3 is 2.33 bits per heavy atom. The molecule has 1 saturated carbocycles. The van der Waals surface area contributed by atoms with Gasteiger partial charge in [0.05, 0.1) is 0 Å². The van der Waals surface area contributed by atoms with E-state index in [1.54, 1.807) is 0 Å². The molecule has 1 nitrogen and oxygen atoms in total. The van der Waals surface area contributed by atoms with Crippen LogP contribution in [0.25, 0.3) is 0 Å². The molecule has 1 saturated heterocycles. The molecule has 70 valence electrons. The van der Waals surface area contributed by atoms with Crippen molar-refractivity contribution in [2.75, 3.05) is 13.1 Å². The quantitative estimate of drug-likeness (QED) is 0.624. The van der Waals surface area contributed by atoms with Gasteiger partial charge in [0.25, 0.3) is 0 Å². The molecule has 1 heterocycles.